The first-order valence-corrected chi connectivity index (χ1v) is 11.0. The lowest BCUT2D eigenvalue weighted by Gasteiger charge is -2.28. The third kappa shape index (κ3) is 5.24. The molecule has 0 radical (unpaired) electrons. The Balaban J connectivity index is 1.49. The first-order valence-electron chi connectivity index (χ1n) is 10.6. The van der Waals surface area contributed by atoms with Crippen LogP contribution in [-0.4, -0.2) is 35.0 Å². The van der Waals surface area contributed by atoms with Crippen LogP contribution < -0.4 is 10.9 Å². The molecule has 3 aromatic rings. The van der Waals surface area contributed by atoms with Crippen LogP contribution in [0.1, 0.15) is 40.4 Å². The van der Waals surface area contributed by atoms with Crippen LogP contribution >= 0.6 is 11.6 Å². The highest BCUT2D eigenvalue weighted by molar-refractivity contribution is 6.31. The first kappa shape index (κ1) is 21.3. The van der Waals surface area contributed by atoms with E-state index in [1.54, 1.807) is 18.3 Å². The molecule has 160 valence electrons. The summed E-state index contributed by atoms with van der Waals surface area (Å²) in [5, 5.41) is 3.67. The molecule has 31 heavy (non-hydrogen) atoms. The molecule has 1 N–H and O–H groups in total. The van der Waals surface area contributed by atoms with Crippen molar-refractivity contribution in [3.05, 3.63) is 105 Å². The molecule has 6 heteroatoms. The Hall–Kier alpha value is -2.89. The summed E-state index contributed by atoms with van der Waals surface area (Å²) in [5.74, 6) is -0.187. The van der Waals surface area contributed by atoms with Gasteiger partial charge in [0.2, 0.25) is 0 Å². The smallest absolute Gasteiger partial charge is 0.252 e. The number of nitrogens with zero attached hydrogens (tertiary/aromatic N) is 2. The summed E-state index contributed by atoms with van der Waals surface area (Å²) < 4.78 is 1.52. The average Bonchev–Trinajstić information content (AvgIpc) is 3.32. The first-order chi connectivity index (χ1) is 15.1. The van der Waals surface area contributed by atoms with Gasteiger partial charge in [0.05, 0.1) is 18.2 Å². The maximum Gasteiger partial charge on any atom is 0.252 e. The molecule has 1 aliphatic rings. The summed E-state index contributed by atoms with van der Waals surface area (Å²) in [6, 6.07) is 20.8. The molecule has 1 aromatic heterocycles. The molecular formula is C25H26ClN3O2. The van der Waals surface area contributed by atoms with E-state index in [1.807, 2.05) is 36.4 Å². The number of hydrogen-bond acceptors (Lipinski definition) is 3. The predicted molar refractivity (Wildman–Crippen MR) is 124 cm³/mol. The largest absolute Gasteiger partial charge is 0.350 e. The Morgan fingerprint density at radius 3 is 2.42 bits per heavy atom. The summed E-state index contributed by atoms with van der Waals surface area (Å²) in [6.45, 7) is 2.92. The highest BCUT2D eigenvalue weighted by atomic mass is 35.5. The lowest BCUT2D eigenvalue weighted by Crippen LogP contribution is -2.37. The average molecular weight is 436 g/mol. The Morgan fingerprint density at radius 1 is 0.968 bits per heavy atom. The molecule has 1 atom stereocenters. The van der Waals surface area contributed by atoms with Crippen molar-refractivity contribution >= 4 is 17.5 Å². The zero-order chi connectivity index (χ0) is 21.6. The number of aromatic nitrogens is 1. The number of benzene rings is 2. The molecule has 0 saturated carbocycles. The number of rotatable bonds is 7. The molecule has 1 fully saturated rings. The minimum atomic E-state index is -0.187. The van der Waals surface area contributed by atoms with Crippen LogP contribution in [0, 0.1) is 0 Å². The number of likely N-dealkylation sites (tertiary alicyclic amines) is 1. The maximum atomic E-state index is 12.9. The van der Waals surface area contributed by atoms with Gasteiger partial charge in [-0.3, -0.25) is 14.5 Å². The van der Waals surface area contributed by atoms with Crippen LogP contribution in [0.2, 0.25) is 5.02 Å². The number of halogens is 1. The number of hydrogen-bond donors (Lipinski definition) is 1. The van der Waals surface area contributed by atoms with E-state index in [2.05, 4.69) is 22.3 Å². The fraction of sp³-hybridized carbons (Fsp3) is 0.280. The molecule has 0 aliphatic carbocycles. The fourth-order valence-electron chi connectivity index (χ4n) is 4.08. The Kier molecular flexibility index (Phi) is 6.85. The van der Waals surface area contributed by atoms with Crippen LogP contribution in [-0.2, 0) is 6.54 Å². The summed E-state index contributed by atoms with van der Waals surface area (Å²) in [6.07, 6.45) is 3.98. The number of amides is 1. The summed E-state index contributed by atoms with van der Waals surface area (Å²) in [5.41, 5.74) is 2.32. The summed E-state index contributed by atoms with van der Waals surface area (Å²) >= 11 is 6.23. The van der Waals surface area contributed by atoms with Crippen LogP contribution in [0.3, 0.4) is 0 Å². The van der Waals surface area contributed by atoms with Gasteiger partial charge in [0, 0.05) is 23.8 Å². The van der Waals surface area contributed by atoms with Crippen molar-refractivity contribution in [2.75, 3.05) is 19.6 Å². The van der Waals surface area contributed by atoms with E-state index in [-0.39, 0.29) is 17.5 Å². The van der Waals surface area contributed by atoms with Gasteiger partial charge in [0.1, 0.15) is 0 Å². The van der Waals surface area contributed by atoms with E-state index in [9.17, 15) is 9.59 Å². The van der Waals surface area contributed by atoms with Crippen molar-refractivity contribution in [2.45, 2.75) is 25.4 Å². The number of carbonyl (C=O) groups excluding carboxylic acids is 1. The Bertz CT molecular complexity index is 1090. The molecule has 5 nitrogen and oxygen atoms in total. The molecule has 1 saturated heterocycles. The third-order valence-corrected chi connectivity index (χ3v) is 6.13. The second-order valence-corrected chi connectivity index (χ2v) is 8.26. The minimum Gasteiger partial charge on any atom is -0.350 e. The molecule has 0 spiro atoms. The number of nitrogens with one attached hydrogen (secondary N) is 1. The normalized spacial score (nSPS) is 15.0. The van der Waals surface area contributed by atoms with Gasteiger partial charge in [-0.15, -0.1) is 0 Å². The SMILES string of the molecule is O=C(NC[C@@H](c1ccccc1)N1CCCC1)c1ccc(=O)n(Cc2ccccc2Cl)c1. The molecular weight excluding hydrogens is 410 g/mol. The zero-order valence-corrected chi connectivity index (χ0v) is 18.1. The maximum absolute atomic E-state index is 12.9. The third-order valence-electron chi connectivity index (χ3n) is 5.77. The zero-order valence-electron chi connectivity index (χ0n) is 17.3. The van der Waals surface area contributed by atoms with Crippen LogP contribution in [0.5, 0.6) is 0 Å². The predicted octanol–water partition coefficient (Wildman–Crippen LogP) is 4.12. The second kappa shape index (κ2) is 9.94. The Labute approximate surface area is 187 Å². The Morgan fingerprint density at radius 2 is 1.68 bits per heavy atom. The molecule has 1 amide bonds. The van der Waals surface area contributed by atoms with Crippen molar-refractivity contribution in [3.8, 4) is 0 Å². The van der Waals surface area contributed by atoms with Gasteiger partial charge >= 0.3 is 0 Å². The standard InChI is InChI=1S/C25H26ClN3O2/c26-22-11-5-4-10-20(22)17-29-18-21(12-13-24(29)30)25(31)27-16-23(28-14-6-7-15-28)19-8-2-1-3-9-19/h1-5,8-13,18,23H,6-7,14-17H2,(H,27,31)/t23-/m0/s1. The van der Waals surface area contributed by atoms with Crippen molar-refractivity contribution in [3.63, 3.8) is 0 Å². The van der Waals surface area contributed by atoms with Gasteiger partial charge in [-0.05, 0) is 49.2 Å². The van der Waals surface area contributed by atoms with Gasteiger partial charge in [0.15, 0.2) is 0 Å². The molecule has 2 aromatic carbocycles. The molecule has 1 aliphatic heterocycles. The molecule has 2 heterocycles. The van der Waals surface area contributed by atoms with Gasteiger partial charge in [-0.25, -0.2) is 0 Å². The quantitative estimate of drug-likeness (QED) is 0.607. The summed E-state index contributed by atoms with van der Waals surface area (Å²) in [4.78, 5) is 27.6. The topological polar surface area (TPSA) is 54.3 Å². The lowest BCUT2D eigenvalue weighted by molar-refractivity contribution is 0.0937. The lowest BCUT2D eigenvalue weighted by atomic mass is 10.1. The molecule has 0 bridgehead atoms. The van der Waals surface area contributed by atoms with Crippen molar-refractivity contribution in [1.82, 2.24) is 14.8 Å². The van der Waals surface area contributed by atoms with Gasteiger partial charge in [-0.1, -0.05) is 60.1 Å². The van der Waals surface area contributed by atoms with Crippen LogP contribution in [0.25, 0.3) is 0 Å². The highest BCUT2D eigenvalue weighted by Gasteiger charge is 2.24. The van der Waals surface area contributed by atoms with Crippen LogP contribution in [0.4, 0.5) is 0 Å². The number of pyridine rings is 1. The van der Waals surface area contributed by atoms with E-state index in [4.69, 9.17) is 11.6 Å². The van der Waals surface area contributed by atoms with Crippen LogP contribution in [0.15, 0.2) is 77.7 Å². The molecule has 0 unspecified atom stereocenters. The van der Waals surface area contributed by atoms with E-state index in [0.29, 0.717) is 23.7 Å². The van der Waals surface area contributed by atoms with Gasteiger partial charge < -0.3 is 9.88 Å². The fourth-order valence-corrected chi connectivity index (χ4v) is 4.27. The van der Waals surface area contributed by atoms with E-state index < -0.39 is 0 Å². The van der Waals surface area contributed by atoms with Crippen molar-refractivity contribution < 1.29 is 4.79 Å². The summed E-state index contributed by atoms with van der Waals surface area (Å²) in [7, 11) is 0. The second-order valence-electron chi connectivity index (χ2n) is 7.85. The van der Waals surface area contributed by atoms with E-state index >= 15 is 0 Å². The van der Waals surface area contributed by atoms with Crippen molar-refractivity contribution in [1.29, 1.82) is 0 Å². The van der Waals surface area contributed by atoms with Gasteiger partial charge in [-0.2, -0.15) is 0 Å². The van der Waals surface area contributed by atoms with E-state index in [1.165, 1.54) is 29.0 Å². The molecule has 4 rings (SSSR count). The highest BCUT2D eigenvalue weighted by Crippen LogP contribution is 2.24. The van der Waals surface area contributed by atoms with Crippen molar-refractivity contribution in [2.24, 2.45) is 0 Å². The van der Waals surface area contributed by atoms with E-state index in [0.717, 1.165) is 18.7 Å². The minimum absolute atomic E-state index is 0.140. The van der Waals surface area contributed by atoms with Gasteiger partial charge in [0.25, 0.3) is 11.5 Å². The monoisotopic (exact) mass is 435 g/mol. The number of carbonyl (C=O) groups is 1.